The van der Waals surface area contributed by atoms with Crippen molar-refractivity contribution in [1.82, 2.24) is 14.7 Å². The molecule has 0 N–H and O–H groups in total. The lowest BCUT2D eigenvalue weighted by Crippen LogP contribution is -2.53. The van der Waals surface area contributed by atoms with E-state index in [1.54, 1.807) is 7.11 Å². The largest absolute Gasteiger partial charge is 0.497 e. The van der Waals surface area contributed by atoms with Gasteiger partial charge in [-0.2, -0.15) is 0 Å². The minimum atomic E-state index is -0.442. The summed E-state index contributed by atoms with van der Waals surface area (Å²) in [5, 5.41) is 0. The fraction of sp³-hybridized carbons (Fsp3) is 0.355. The highest BCUT2D eigenvalue weighted by Crippen LogP contribution is 2.48. The first kappa shape index (κ1) is 23.7. The van der Waals surface area contributed by atoms with Crippen molar-refractivity contribution in [3.05, 3.63) is 101 Å². The fourth-order valence-corrected chi connectivity index (χ4v) is 5.92. The van der Waals surface area contributed by atoms with Crippen LogP contribution in [0.15, 0.2) is 78.9 Å². The molecule has 2 aliphatic heterocycles. The second kappa shape index (κ2) is 10.0. The van der Waals surface area contributed by atoms with Crippen molar-refractivity contribution < 1.29 is 14.3 Å². The number of hydrogen-bond acceptors (Lipinski definition) is 4. The normalized spacial score (nSPS) is 22.0. The third-order valence-corrected chi connectivity index (χ3v) is 7.95. The van der Waals surface area contributed by atoms with Gasteiger partial charge in [0.1, 0.15) is 5.75 Å². The summed E-state index contributed by atoms with van der Waals surface area (Å²) in [5.74, 6) is 0.433. The Bertz CT molecular complexity index is 1280. The van der Waals surface area contributed by atoms with Gasteiger partial charge in [-0.25, -0.2) is 0 Å². The fourth-order valence-electron chi connectivity index (χ4n) is 5.92. The molecular formula is C31H33N3O3. The maximum Gasteiger partial charge on any atom is 0.254 e. The third kappa shape index (κ3) is 4.62. The van der Waals surface area contributed by atoms with E-state index in [2.05, 4.69) is 29.2 Å². The summed E-state index contributed by atoms with van der Waals surface area (Å²) in [6.45, 7) is 3.94. The Morgan fingerprint density at radius 1 is 0.892 bits per heavy atom. The number of nitrogens with zero attached hydrogens (tertiary/aromatic N) is 3. The molecule has 6 heteroatoms. The number of piperazine rings is 1. The van der Waals surface area contributed by atoms with Crippen molar-refractivity contribution in [2.45, 2.75) is 37.4 Å². The molecule has 3 aliphatic rings. The molecule has 2 atom stereocenters. The van der Waals surface area contributed by atoms with E-state index < -0.39 is 5.92 Å². The average Bonchev–Trinajstić information content (AvgIpc) is 3.79. The number of fused-ring (bicyclic) bond motifs is 1. The van der Waals surface area contributed by atoms with E-state index in [1.165, 1.54) is 5.56 Å². The van der Waals surface area contributed by atoms with Gasteiger partial charge < -0.3 is 14.5 Å². The van der Waals surface area contributed by atoms with Crippen molar-refractivity contribution in [2.75, 3.05) is 33.3 Å². The van der Waals surface area contributed by atoms with Crippen LogP contribution in [-0.4, -0.2) is 65.8 Å². The molecule has 37 heavy (non-hydrogen) atoms. The minimum Gasteiger partial charge on any atom is -0.497 e. The highest BCUT2D eigenvalue weighted by Gasteiger charge is 2.50. The van der Waals surface area contributed by atoms with Gasteiger partial charge in [0.05, 0.1) is 19.1 Å². The summed E-state index contributed by atoms with van der Waals surface area (Å²) < 4.78 is 5.52. The standard InChI is InChI=1S/C31H33N3O3/c1-37-25-11-7-10-23(20-25)29-28(26-12-5-6-13-27(26)30(35)34(29)24-14-15-24)31(36)33-18-16-32(17-19-33)21-22-8-3-2-4-9-22/h2-13,20,24,28-29H,14-19,21H2,1H3/t28-,29+/m0/s1. The first-order valence-electron chi connectivity index (χ1n) is 13.2. The van der Waals surface area contributed by atoms with Crippen molar-refractivity contribution in [1.29, 1.82) is 0 Å². The Balaban J connectivity index is 1.32. The summed E-state index contributed by atoms with van der Waals surface area (Å²) in [4.78, 5) is 34.5. The monoisotopic (exact) mass is 495 g/mol. The van der Waals surface area contributed by atoms with Crippen LogP contribution in [0.1, 0.15) is 51.8 Å². The number of rotatable bonds is 6. The molecule has 2 fully saturated rings. The van der Waals surface area contributed by atoms with Crippen LogP contribution in [0.3, 0.4) is 0 Å². The van der Waals surface area contributed by atoms with Crippen LogP contribution < -0.4 is 4.74 Å². The Morgan fingerprint density at radius 2 is 1.62 bits per heavy atom. The summed E-state index contributed by atoms with van der Waals surface area (Å²) in [7, 11) is 1.65. The molecule has 2 heterocycles. The minimum absolute atomic E-state index is 0.0302. The van der Waals surface area contributed by atoms with Gasteiger partial charge in [-0.3, -0.25) is 14.5 Å². The van der Waals surface area contributed by atoms with Crippen molar-refractivity contribution in [2.24, 2.45) is 0 Å². The van der Waals surface area contributed by atoms with E-state index in [4.69, 9.17) is 4.74 Å². The van der Waals surface area contributed by atoms with E-state index in [0.717, 1.165) is 49.4 Å². The second-order valence-electron chi connectivity index (χ2n) is 10.3. The van der Waals surface area contributed by atoms with Crippen LogP contribution in [0.4, 0.5) is 0 Å². The topological polar surface area (TPSA) is 53.1 Å². The molecule has 0 spiro atoms. The van der Waals surface area contributed by atoms with E-state index in [9.17, 15) is 9.59 Å². The highest BCUT2D eigenvalue weighted by molar-refractivity contribution is 6.01. The number of benzene rings is 3. The van der Waals surface area contributed by atoms with Crippen molar-refractivity contribution >= 4 is 11.8 Å². The molecule has 0 radical (unpaired) electrons. The number of amides is 2. The summed E-state index contributed by atoms with van der Waals surface area (Å²) in [5.41, 5.74) is 3.75. The molecule has 3 aromatic carbocycles. The smallest absolute Gasteiger partial charge is 0.254 e. The van der Waals surface area contributed by atoms with Crippen LogP contribution in [0.25, 0.3) is 0 Å². The molecule has 3 aromatic rings. The predicted octanol–water partition coefficient (Wildman–Crippen LogP) is 4.48. The summed E-state index contributed by atoms with van der Waals surface area (Å²) in [6.07, 6.45) is 1.96. The zero-order valence-electron chi connectivity index (χ0n) is 21.3. The maximum absolute atomic E-state index is 14.4. The lowest BCUT2D eigenvalue weighted by molar-refractivity contribution is -0.136. The van der Waals surface area contributed by atoms with Gasteiger partial charge in [-0.1, -0.05) is 60.7 Å². The predicted molar refractivity (Wildman–Crippen MR) is 142 cm³/mol. The van der Waals surface area contributed by atoms with Gasteiger partial charge in [0.2, 0.25) is 5.91 Å². The van der Waals surface area contributed by atoms with Gasteiger partial charge in [-0.05, 0) is 47.7 Å². The maximum atomic E-state index is 14.4. The van der Waals surface area contributed by atoms with Gasteiger partial charge in [0.25, 0.3) is 5.91 Å². The summed E-state index contributed by atoms with van der Waals surface area (Å²) in [6, 6.07) is 25.9. The quantitative estimate of drug-likeness (QED) is 0.506. The molecule has 6 nitrogen and oxygen atoms in total. The first-order chi connectivity index (χ1) is 18.1. The molecule has 6 rings (SSSR count). The summed E-state index contributed by atoms with van der Waals surface area (Å²) >= 11 is 0. The molecule has 1 saturated carbocycles. The van der Waals surface area contributed by atoms with Crippen molar-refractivity contribution in [3.8, 4) is 5.75 Å². The van der Waals surface area contributed by atoms with Gasteiger partial charge in [0, 0.05) is 44.3 Å². The van der Waals surface area contributed by atoms with Crippen molar-refractivity contribution in [3.63, 3.8) is 0 Å². The molecule has 0 aromatic heterocycles. The van der Waals surface area contributed by atoms with Crippen LogP contribution in [0, 0.1) is 0 Å². The number of methoxy groups -OCH3 is 1. The van der Waals surface area contributed by atoms with Crippen LogP contribution in [-0.2, 0) is 11.3 Å². The Morgan fingerprint density at radius 3 is 2.35 bits per heavy atom. The number of carbonyl (C=O) groups is 2. The molecule has 190 valence electrons. The van der Waals surface area contributed by atoms with Crippen LogP contribution in [0.2, 0.25) is 0 Å². The van der Waals surface area contributed by atoms with Crippen LogP contribution >= 0.6 is 0 Å². The molecular weight excluding hydrogens is 462 g/mol. The Kier molecular flexibility index (Phi) is 6.43. The lowest BCUT2D eigenvalue weighted by atomic mass is 9.78. The molecule has 1 aliphatic carbocycles. The van der Waals surface area contributed by atoms with E-state index in [0.29, 0.717) is 18.7 Å². The SMILES string of the molecule is COc1cccc([C@@H]2[C@@H](C(=O)N3CCN(Cc4ccccc4)CC3)c3ccccc3C(=O)N2C2CC2)c1. The number of ether oxygens (including phenoxy) is 1. The van der Waals surface area contributed by atoms with E-state index >= 15 is 0 Å². The van der Waals surface area contributed by atoms with E-state index in [1.807, 2.05) is 64.4 Å². The third-order valence-electron chi connectivity index (χ3n) is 7.95. The average molecular weight is 496 g/mol. The van der Waals surface area contributed by atoms with Crippen LogP contribution in [0.5, 0.6) is 5.75 Å². The number of hydrogen-bond donors (Lipinski definition) is 0. The zero-order valence-corrected chi connectivity index (χ0v) is 21.3. The highest BCUT2D eigenvalue weighted by atomic mass is 16.5. The van der Waals surface area contributed by atoms with Gasteiger partial charge >= 0.3 is 0 Å². The zero-order chi connectivity index (χ0) is 25.4. The second-order valence-corrected chi connectivity index (χ2v) is 10.3. The first-order valence-corrected chi connectivity index (χ1v) is 13.2. The van der Waals surface area contributed by atoms with Gasteiger partial charge in [0.15, 0.2) is 0 Å². The Labute approximate surface area is 218 Å². The molecule has 0 unspecified atom stereocenters. The molecule has 2 amide bonds. The van der Waals surface area contributed by atoms with E-state index in [-0.39, 0.29) is 23.9 Å². The van der Waals surface area contributed by atoms with Gasteiger partial charge in [-0.15, -0.1) is 0 Å². The Hall–Kier alpha value is -3.64. The lowest BCUT2D eigenvalue weighted by Gasteiger charge is -2.45. The number of carbonyl (C=O) groups excluding carboxylic acids is 2. The molecule has 1 saturated heterocycles. The molecule has 0 bridgehead atoms.